The molecule has 0 spiro atoms. The van der Waals surface area contributed by atoms with Gasteiger partial charge >= 0.3 is 11.9 Å². The van der Waals surface area contributed by atoms with E-state index in [9.17, 15) is 14.7 Å². The minimum atomic E-state index is -0.776. The molecule has 0 amide bonds. The van der Waals surface area contributed by atoms with Crippen LogP contribution in [-0.2, 0) is 16.0 Å². The van der Waals surface area contributed by atoms with Gasteiger partial charge in [-0.1, -0.05) is 12.1 Å². The van der Waals surface area contributed by atoms with E-state index < -0.39 is 17.9 Å². The van der Waals surface area contributed by atoms with Crippen LogP contribution >= 0.6 is 0 Å². The van der Waals surface area contributed by atoms with Crippen molar-refractivity contribution in [2.24, 2.45) is 11.8 Å². The second kappa shape index (κ2) is 6.52. The normalized spacial score (nSPS) is 19.6. The van der Waals surface area contributed by atoms with Crippen LogP contribution in [0.15, 0.2) is 24.3 Å². The van der Waals surface area contributed by atoms with Crippen molar-refractivity contribution in [1.29, 1.82) is 0 Å². The van der Waals surface area contributed by atoms with Gasteiger partial charge in [0.1, 0.15) is 0 Å². The Bertz CT molecular complexity index is 494. The number of aliphatic carboxylic acids is 1. The Kier molecular flexibility index (Phi) is 4.74. The summed E-state index contributed by atoms with van der Waals surface area (Å²) in [6, 6.07) is 6.99. The number of carbonyl (C=O) groups is 2. The summed E-state index contributed by atoms with van der Waals surface area (Å²) < 4.78 is 4.68. The van der Waals surface area contributed by atoms with Crippen LogP contribution in [-0.4, -0.2) is 37.2 Å². The average molecular weight is 277 g/mol. The smallest absolute Gasteiger partial charge is 0.337 e. The van der Waals surface area contributed by atoms with E-state index in [4.69, 9.17) is 0 Å². The number of rotatable bonds is 5. The third kappa shape index (κ3) is 3.36. The van der Waals surface area contributed by atoms with Crippen molar-refractivity contribution in [2.45, 2.75) is 12.8 Å². The maximum Gasteiger partial charge on any atom is 0.337 e. The van der Waals surface area contributed by atoms with E-state index in [1.54, 1.807) is 18.2 Å². The second-order valence-electron chi connectivity index (χ2n) is 5.09. The molecule has 2 atom stereocenters. The van der Waals surface area contributed by atoms with Crippen LogP contribution in [0.4, 0.5) is 0 Å². The van der Waals surface area contributed by atoms with Crippen LogP contribution in [0.3, 0.4) is 0 Å². The number of nitrogens with one attached hydrogen (secondary N) is 1. The molecule has 0 radical (unpaired) electrons. The maximum atomic E-state index is 11.5. The van der Waals surface area contributed by atoms with Crippen LogP contribution in [0.25, 0.3) is 0 Å². The molecular formula is C15H19NO4. The average Bonchev–Trinajstić information content (AvgIpc) is 2.97. The molecule has 2 N–H and O–H groups in total. The van der Waals surface area contributed by atoms with Crippen molar-refractivity contribution in [3.63, 3.8) is 0 Å². The van der Waals surface area contributed by atoms with Gasteiger partial charge in [0.15, 0.2) is 0 Å². The first kappa shape index (κ1) is 14.5. The molecule has 1 aliphatic rings. The van der Waals surface area contributed by atoms with Crippen LogP contribution < -0.4 is 5.32 Å². The van der Waals surface area contributed by atoms with E-state index >= 15 is 0 Å². The van der Waals surface area contributed by atoms with Gasteiger partial charge in [-0.15, -0.1) is 0 Å². The lowest BCUT2D eigenvalue weighted by atomic mass is 9.86. The number of carboxylic acid groups (broad SMARTS) is 1. The summed E-state index contributed by atoms with van der Waals surface area (Å²) in [6.07, 6.45) is 1.32. The Morgan fingerprint density at radius 3 is 2.90 bits per heavy atom. The minimum absolute atomic E-state index is 0.147. The fourth-order valence-electron chi connectivity index (χ4n) is 2.67. The molecular weight excluding hydrogens is 258 g/mol. The zero-order valence-electron chi connectivity index (χ0n) is 11.5. The Morgan fingerprint density at radius 2 is 2.30 bits per heavy atom. The third-order valence-corrected chi connectivity index (χ3v) is 3.79. The highest BCUT2D eigenvalue weighted by molar-refractivity contribution is 5.89. The number of carboxylic acids is 1. The Morgan fingerprint density at radius 1 is 1.50 bits per heavy atom. The molecule has 1 aromatic carbocycles. The van der Waals surface area contributed by atoms with E-state index in [1.165, 1.54) is 7.11 Å². The molecule has 0 saturated carbocycles. The summed E-state index contributed by atoms with van der Waals surface area (Å²) in [5, 5.41) is 12.6. The van der Waals surface area contributed by atoms with Gasteiger partial charge in [-0.3, -0.25) is 4.79 Å². The molecule has 20 heavy (non-hydrogen) atoms. The molecule has 0 unspecified atom stereocenters. The van der Waals surface area contributed by atoms with Crippen molar-refractivity contribution < 1.29 is 19.4 Å². The molecule has 108 valence electrons. The Labute approximate surface area is 117 Å². The molecule has 5 heteroatoms. The van der Waals surface area contributed by atoms with Gasteiger partial charge in [0, 0.05) is 0 Å². The lowest BCUT2D eigenvalue weighted by Gasteiger charge is -2.18. The highest BCUT2D eigenvalue weighted by Crippen LogP contribution is 2.24. The van der Waals surface area contributed by atoms with Gasteiger partial charge in [0.2, 0.25) is 0 Å². The molecule has 0 aromatic heterocycles. The quantitative estimate of drug-likeness (QED) is 0.794. The first-order valence-electron chi connectivity index (χ1n) is 6.72. The van der Waals surface area contributed by atoms with Crippen molar-refractivity contribution >= 4 is 11.9 Å². The second-order valence-corrected chi connectivity index (χ2v) is 5.09. The van der Waals surface area contributed by atoms with E-state index in [1.807, 2.05) is 6.07 Å². The van der Waals surface area contributed by atoms with Crippen molar-refractivity contribution in [3.05, 3.63) is 35.4 Å². The predicted octanol–water partition coefficient (Wildman–Crippen LogP) is 1.33. The monoisotopic (exact) mass is 277 g/mol. The van der Waals surface area contributed by atoms with E-state index in [-0.39, 0.29) is 5.92 Å². The van der Waals surface area contributed by atoms with Gasteiger partial charge in [0.25, 0.3) is 0 Å². The standard InChI is InChI=1S/C15H19NO4/c1-20-15(19)11-4-2-3-10(7-11)8-13(14(17)18)12-5-6-16-9-12/h2-4,7,12-13,16H,5-6,8-9H2,1H3,(H,17,18)/t12-,13-/m0/s1. The van der Waals surface area contributed by atoms with E-state index in [2.05, 4.69) is 10.1 Å². The van der Waals surface area contributed by atoms with Gasteiger partial charge in [0.05, 0.1) is 18.6 Å². The molecule has 1 heterocycles. The summed E-state index contributed by atoms with van der Waals surface area (Å²) in [5.74, 6) is -1.45. The minimum Gasteiger partial charge on any atom is -0.481 e. The molecule has 1 aliphatic heterocycles. The zero-order valence-corrected chi connectivity index (χ0v) is 11.5. The van der Waals surface area contributed by atoms with Gasteiger partial charge in [-0.2, -0.15) is 0 Å². The van der Waals surface area contributed by atoms with Crippen LogP contribution in [0.2, 0.25) is 0 Å². The highest BCUT2D eigenvalue weighted by atomic mass is 16.5. The number of benzene rings is 1. The molecule has 2 rings (SSSR count). The molecule has 0 bridgehead atoms. The first-order valence-corrected chi connectivity index (χ1v) is 6.72. The van der Waals surface area contributed by atoms with Crippen LogP contribution in [0.5, 0.6) is 0 Å². The lowest BCUT2D eigenvalue weighted by Crippen LogP contribution is -2.27. The van der Waals surface area contributed by atoms with Crippen LogP contribution in [0.1, 0.15) is 22.3 Å². The maximum absolute atomic E-state index is 11.5. The fourth-order valence-corrected chi connectivity index (χ4v) is 2.67. The molecule has 1 fully saturated rings. The van der Waals surface area contributed by atoms with Crippen molar-refractivity contribution in [1.82, 2.24) is 5.32 Å². The van der Waals surface area contributed by atoms with E-state index in [0.717, 1.165) is 25.1 Å². The summed E-state index contributed by atoms with van der Waals surface area (Å²) in [6.45, 7) is 1.62. The number of carbonyl (C=O) groups excluding carboxylic acids is 1. The summed E-state index contributed by atoms with van der Waals surface area (Å²) in [4.78, 5) is 22.9. The topological polar surface area (TPSA) is 75.6 Å². The number of hydrogen-bond donors (Lipinski definition) is 2. The highest BCUT2D eigenvalue weighted by Gasteiger charge is 2.30. The lowest BCUT2D eigenvalue weighted by molar-refractivity contribution is -0.143. The summed E-state index contributed by atoms with van der Waals surface area (Å²) in [7, 11) is 1.33. The third-order valence-electron chi connectivity index (χ3n) is 3.79. The number of methoxy groups -OCH3 is 1. The molecule has 1 saturated heterocycles. The van der Waals surface area contributed by atoms with Crippen molar-refractivity contribution in [3.8, 4) is 0 Å². The molecule has 0 aliphatic carbocycles. The molecule has 1 aromatic rings. The van der Waals surface area contributed by atoms with Crippen LogP contribution in [0, 0.1) is 11.8 Å². The first-order chi connectivity index (χ1) is 9.61. The number of hydrogen-bond acceptors (Lipinski definition) is 4. The SMILES string of the molecule is COC(=O)c1cccc(C[C@H](C(=O)O)[C@H]2CCNC2)c1. The number of ether oxygens (including phenoxy) is 1. The van der Waals surface area contributed by atoms with Gasteiger partial charge < -0.3 is 15.2 Å². The largest absolute Gasteiger partial charge is 0.481 e. The predicted molar refractivity (Wildman–Crippen MR) is 73.6 cm³/mol. The summed E-state index contributed by atoms with van der Waals surface area (Å²) in [5.41, 5.74) is 1.31. The summed E-state index contributed by atoms with van der Waals surface area (Å²) >= 11 is 0. The van der Waals surface area contributed by atoms with E-state index in [0.29, 0.717) is 12.0 Å². The Balaban J connectivity index is 2.14. The Hall–Kier alpha value is -1.88. The van der Waals surface area contributed by atoms with Gasteiger partial charge in [-0.25, -0.2) is 4.79 Å². The van der Waals surface area contributed by atoms with Gasteiger partial charge in [-0.05, 0) is 49.5 Å². The number of esters is 1. The fraction of sp³-hybridized carbons (Fsp3) is 0.467. The molecule has 5 nitrogen and oxygen atoms in total. The zero-order chi connectivity index (χ0) is 14.5. The van der Waals surface area contributed by atoms with Crippen molar-refractivity contribution in [2.75, 3.05) is 20.2 Å².